The number of benzene rings is 2. The van der Waals surface area contributed by atoms with Crippen LogP contribution >= 0.6 is 0 Å². The largest absolute Gasteiger partial charge is 0.336 e. The van der Waals surface area contributed by atoms with Crippen LogP contribution in [-0.2, 0) is 10.0 Å². The highest BCUT2D eigenvalue weighted by atomic mass is 32.2. The van der Waals surface area contributed by atoms with Gasteiger partial charge in [0.15, 0.2) is 0 Å². The van der Waals surface area contributed by atoms with Crippen LogP contribution in [0.25, 0.3) is 11.0 Å². The molecule has 1 saturated heterocycles. The lowest BCUT2D eigenvalue weighted by atomic mass is 10.1. The minimum atomic E-state index is -3.55. The van der Waals surface area contributed by atoms with Gasteiger partial charge in [-0.3, -0.25) is 4.79 Å². The number of rotatable bonds is 3. The highest BCUT2D eigenvalue weighted by Gasteiger charge is 2.30. The van der Waals surface area contributed by atoms with Crippen molar-refractivity contribution in [3.8, 4) is 0 Å². The molecule has 0 N–H and O–H groups in total. The van der Waals surface area contributed by atoms with Gasteiger partial charge in [0.2, 0.25) is 10.0 Å². The Kier molecular flexibility index (Phi) is 5.29. The number of aromatic nitrogens is 2. The Balaban J connectivity index is 1.48. The van der Waals surface area contributed by atoms with Crippen molar-refractivity contribution in [1.29, 1.82) is 0 Å². The first-order valence-electron chi connectivity index (χ1n) is 9.87. The zero-order chi connectivity index (χ0) is 21.5. The highest BCUT2D eigenvalue weighted by Crippen LogP contribution is 2.20. The summed E-state index contributed by atoms with van der Waals surface area (Å²) < 4.78 is 27.2. The average molecular weight is 425 g/mol. The van der Waals surface area contributed by atoms with Crippen LogP contribution in [0.4, 0.5) is 0 Å². The number of amides is 1. The van der Waals surface area contributed by atoms with E-state index in [-0.39, 0.29) is 23.9 Å². The smallest absolute Gasteiger partial charge is 0.254 e. The molecule has 0 spiro atoms. The van der Waals surface area contributed by atoms with E-state index < -0.39 is 10.0 Å². The van der Waals surface area contributed by atoms with E-state index in [4.69, 9.17) is 0 Å². The molecule has 2 aromatic carbocycles. The molecular formula is C22H24N4O3S. The fourth-order valence-corrected chi connectivity index (χ4v) is 4.96. The Bertz CT molecular complexity index is 1220. The Morgan fingerprint density at radius 3 is 2.07 bits per heavy atom. The van der Waals surface area contributed by atoms with Gasteiger partial charge in [0, 0.05) is 31.7 Å². The summed E-state index contributed by atoms with van der Waals surface area (Å²) in [5.74, 6) is -0.121. The van der Waals surface area contributed by atoms with Crippen molar-refractivity contribution >= 4 is 27.0 Å². The third-order valence-electron chi connectivity index (χ3n) is 5.51. The van der Waals surface area contributed by atoms with Gasteiger partial charge in [-0.25, -0.2) is 18.4 Å². The summed E-state index contributed by atoms with van der Waals surface area (Å²) in [6.07, 6.45) is 0. The van der Waals surface area contributed by atoms with E-state index in [9.17, 15) is 13.2 Å². The second-order valence-electron chi connectivity index (χ2n) is 7.61. The molecule has 1 amide bonds. The number of piperazine rings is 1. The summed E-state index contributed by atoms with van der Waals surface area (Å²) in [5, 5.41) is 0. The molecule has 0 bridgehead atoms. The van der Waals surface area contributed by atoms with Crippen LogP contribution < -0.4 is 0 Å². The second-order valence-corrected chi connectivity index (χ2v) is 9.55. The minimum absolute atomic E-state index is 0.121. The molecule has 156 valence electrons. The first kappa shape index (κ1) is 20.4. The van der Waals surface area contributed by atoms with Crippen LogP contribution in [0.3, 0.4) is 0 Å². The molecule has 1 aliphatic rings. The molecule has 1 aliphatic heterocycles. The van der Waals surface area contributed by atoms with E-state index in [0.29, 0.717) is 24.2 Å². The van der Waals surface area contributed by atoms with Crippen molar-refractivity contribution in [2.24, 2.45) is 0 Å². The van der Waals surface area contributed by atoms with Gasteiger partial charge in [-0.1, -0.05) is 17.7 Å². The van der Waals surface area contributed by atoms with Crippen LogP contribution in [0.2, 0.25) is 0 Å². The van der Waals surface area contributed by atoms with E-state index in [1.54, 1.807) is 47.4 Å². The minimum Gasteiger partial charge on any atom is -0.336 e. The van der Waals surface area contributed by atoms with Crippen LogP contribution in [-0.4, -0.2) is 59.7 Å². The topological polar surface area (TPSA) is 83.5 Å². The predicted molar refractivity (Wildman–Crippen MR) is 115 cm³/mol. The SMILES string of the molecule is Cc1ccc(S(=O)(=O)N2CCN(C(=O)c3ccc4nc(C)c(C)nc4c3)CC2)cc1. The van der Waals surface area contributed by atoms with Gasteiger partial charge in [-0.15, -0.1) is 0 Å². The van der Waals surface area contributed by atoms with E-state index in [0.717, 1.165) is 22.5 Å². The monoisotopic (exact) mass is 424 g/mol. The molecule has 30 heavy (non-hydrogen) atoms. The van der Waals surface area contributed by atoms with Gasteiger partial charge in [0.25, 0.3) is 5.91 Å². The van der Waals surface area contributed by atoms with E-state index in [1.807, 2.05) is 20.8 Å². The molecule has 0 saturated carbocycles. The van der Waals surface area contributed by atoms with Crippen molar-refractivity contribution in [1.82, 2.24) is 19.2 Å². The third kappa shape index (κ3) is 3.80. The fourth-order valence-electron chi connectivity index (χ4n) is 3.54. The molecule has 4 rings (SSSR count). The molecule has 0 radical (unpaired) electrons. The van der Waals surface area contributed by atoms with Crippen LogP contribution in [0.1, 0.15) is 27.3 Å². The average Bonchev–Trinajstić information content (AvgIpc) is 2.74. The summed E-state index contributed by atoms with van der Waals surface area (Å²) in [4.78, 5) is 24.0. The maximum Gasteiger partial charge on any atom is 0.254 e. The zero-order valence-corrected chi connectivity index (χ0v) is 18.1. The normalized spacial score (nSPS) is 15.5. The number of sulfonamides is 1. The standard InChI is InChI=1S/C22H24N4O3S/c1-15-4-7-19(8-5-15)30(28,29)26-12-10-25(11-13-26)22(27)18-6-9-20-21(14-18)24-17(3)16(2)23-20/h4-9,14H,10-13H2,1-3H3. The Morgan fingerprint density at radius 1 is 0.833 bits per heavy atom. The summed E-state index contributed by atoms with van der Waals surface area (Å²) >= 11 is 0. The van der Waals surface area contributed by atoms with Crippen LogP contribution in [0.15, 0.2) is 47.4 Å². The van der Waals surface area contributed by atoms with Gasteiger partial charge in [-0.05, 0) is 51.1 Å². The fraction of sp³-hybridized carbons (Fsp3) is 0.318. The summed E-state index contributed by atoms with van der Waals surface area (Å²) in [5.41, 5.74) is 4.69. The lowest BCUT2D eigenvalue weighted by Crippen LogP contribution is -2.50. The number of carbonyl (C=O) groups is 1. The summed E-state index contributed by atoms with van der Waals surface area (Å²) in [6, 6.07) is 12.1. The van der Waals surface area contributed by atoms with Crippen molar-refractivity contribution in [3.63, 3.8) is 0 Å². The van der Waals surface area contributed by atoms with Crippen LogP contribution in [0.5, 0.6) is 0 Å². The van der Waals surface area contributed by atoms with Crippen molar-refractivity contribution < 1.29 is 13.2 Å². The zero-order valence-electron chi connectivity index (χ0n) is 17.3. The number of fused-ring (bicyclic) bond motifs is 1. The van der Waals surface area contributed by atoms with E-state index >= 15 is 0 Å². The maximum absolute atomic E-state index is 13.0. The molecule has 1 aromatic heterocycles. The molecular weight excluding hydrogens is 400 g/mol. The third-order valence-corrected chi connectivity index (χ3v) is 7.42. The summed E-state index contributed by atoms with van der Waals surface area (Å²) in [7, 11) is -3.55. The molecule has 3 aromatic rings. The van der Waals surface area contributed by atoms with Crippen molar-refractivity contribution in [2.45, 2.75) is 25.7 Å². The van der Waals surface area contributed by atoms with Crippen molar-refractivity contribution in [3.05, 3.63) is 65.0 Å². The summed E-state index contributed by atoms with van der Waals surface area (Å²) in [6.45, 7) is 6.96. The van der Waals surface area contributed by atoms with Crippen LogP contribution in [0, 0.1) is 20.8 Å². The number of aryl methyl sites for hydroxylation is 3. The molecule has 2 heterocycles. The first-order valence-corrected chi connectivity index (χ1v) is 11.3. The number of hydrogen-bond acceptors (Lipinski definition) is 5. The predicted octanol–water partition coefficient (Wildman–Crippen LogP) is 2.70. The van der Waals surface area contributed by atoms with Gasteiger partial charge < -0.3 is 4.90 Å². The number of carbonyl (C=O) groups excluding carboxylic acids is 1. The quantitative estimate of drug-likeness (QED) is 0.646. The van der Waals surface area contributed by atoms with Crippen molar-refractivity contribution in [2.75, 3.05) is 26.2 Å². The number of hydrogen-bond donors (Lipinski definition) is 0. The Hall–Kier alpha value is -2.84. The van der Waals surface area contributed by atoms with Gasteiger partial charge in [0.05, 0.1) is 27.3 Å². The Labute approximate surface area is 176 Å². The molecule has 0 aliphatic carbocycles. The number of nitrogens with zero attached hydrogens (tertiary/aromatic N) is 4. The van der Waals surface area contributed by atoms with E-state index in [1.165, 1.54) is 4.31 Å². The molecule has 1 fully saturated rings. The maximum atomic E-state index is 13.0. The Morgan fingerprint density at radius 2 is 1.43 bits per heavy atom. The first-order chi connectivity index (χ1) is 14.3. The van der Waals surface area contributed by atoms with E-state index in [2.05, 4.69) is 9.97 Å². The second kappa shape index (κ2) is 7.77. The van der Waals surface area contributed by atoms with Gasteiger partial charge >= 0.3 is 0 Å². The molecule has 0 atom stereocenters. The highest BCUT2D eigenvalue weighted by molar-refractivity contribution is 7.89. The van der Waals surface area contributed by atoms with Gasteiger partial charge in [-0.2, -0.15) is 4.31 Å². The molecule has 7 nitrogen and oxygen atoms in total. The molecule has 0 unspecified atom stereocenters. The lowest BCUT2D eigenvalue weighted by molar-refractivity contribution is 0.0698. The van der Waals surface area contributed by atoms with Gasteiger partial charge in [0.1, 0.15) is 0 Å². The lowest BCUT2D eigenvalue weighted by Gasteiger charge is -2.34. The molecule has 8 heteroatoms.